The van der Waals surface area contributed by atoms with E-state index in [0.717, 1.165) is 44.5 Å². The van der Waals surface area contributed by atoms with E-state index >= 15 is 0 Å². The third-order valence-electron chi connectivity index (χ3n) is 6.08. The monoisotopic (exact) mass is 382 g/mol. The highest BCUT2D eigenvalue weighted by Gasteiger charge is 2.33. The van der Waals surface area contributed by atoms with Crippen molar-refractivity contribution in [2.45, 2.75) is 65.2 Å². The third kappa shape index (κ3) is 4.62. The van der Waals surface area contributed by atoms with Crippen molar-refractivity contribution in [1.29, 1.82) is 0 Å². The minimum absolute atomic E-state index is 0.0851. The maximum atomic E-state index is 12.9. The molecule has 26 heavy (non-hydrogen) atoms. The van der Waals surface area contributed by atoms with Crippen molar-refractivity contribution >= 4 is 15.9 Å². The van der Waals surface area contributed by atoms with Crippen LogP contribution in [0.2, 0.25) is 0 Å². The van der Waals surface area contributed by atoms with Crippen molar-refractivity contribution in [3.8, 4) is 0 Å². The first kappa shape index (κ1) is 19.7. The van der Waals surface area contributed by atoms with Crippen LogP contribution in [0.3, 0.4) is 0 Å². The molecular formula is C20H34N2O3S. The highest BCUT2D eigenvalue weighted by atomic mass is 32.2. The number of piperidine rings is 2. The fraction of sp³-hybridized carbons (Fsp3) is 0.850. The molecule has 2 heterocycles. The van der Waals surface area contributed by atoms with E-state index in [4.69, 9.17) is 0 Å². The van der Waals surface area contributed by atoms with Gasteiger partial charge in [-0.05, 0) is 62.7 Å². The van der Waals surface area contributed by atoms with E-state index in [0.29, 0.717) is 37.1 Å². The van der Waals surface area contributed by atoms with Crippen LogP contribution in [0.5, 0.6) is 0 Å². The Bertz CT molecular complexity index is 633. The number of nitrogens with zero attached hydrogens (tertiary/aromatic N) is 2. The van der Waals surface area contributed by atoms with E-state index in [1.54, 1.807) is 4.31 Å². The lowest BCUT2D eigenvalue weighted by Gasteiger charge is -2.38. The summed E-state index contributed by atoms with van der Waals surface area (Å²) in [5.41, 5.74) is 1.03. The number of amides is 1. The summed E-state index contributed by atoms with van der Waals surface area (Å²) >= 11 is 0. The maximum Gasteiger partial charge on any atom is 0.234 e. The van der Waals surface area contributed by atoms with Crippen LogP contribution in [-0.4, -0.2) is 48.9 Å². The molecule has 1 aliphatic carbocycles. The molecular weight excluding hydrogens is 348 g/mol. The van der Waals surface area contributed by atoms with Gasteiger partial charge in [0.1, 0.15) is 0 Å². The average Bonchev–Trinajstić information content (AvgIpc) is 2.60. The van der Waals surface area contributed by atoms with Gasteiger partial charge in [0, 0.05) is 31.8 Å². The van der Waals surface area contributed by atoms with Gasteiger partial charge < -0.3 is 4.90 Å². The van der Waals surface area contributed by atoms with Gasteiger partial charge in [0.2, 0.25) is 15.9 Å². The van der Waals surface area contributed by atoms with Crippen molar-refractivity contribution < 1.29 is 13.2 Å². The minimum Gasteiger partial charge on any atom is -0.342 e. The van der Waals surface area contributed by atoms with Gasteiger partial charge in [-0.15, -0.1) is 0 Å². The van der Waals surface area contributed by atoms with Crippen LogP contribution < -0.4 is 0 Å². The highest BCUT2D eigenvalue weighted by molar-refractivity contribution is 7.89. The second-order valence-corrected chi connectivity index (χ2v) is 10.6. The number of carbonyl (C=O) groups is 1. The molecule has 3 atom stereocenters. The van der Waals surface area contributed by atoms with Gasteiger partial charge in [-0.3, -0.25) is 9.10 Å². The number of allylic oxidation sites excluding steroid dienone is 2. The number of carbonyl (C=O) groups excluding carboxylic acids is 1. The summed E-state index contributed by atoms with van der Waals surface area (Å²) in [5.74, 6) is 1.70. The molecule has 5 nitrogen and oxygen atoms in total. The van der Waals surface area contributed by atoms with E-state index in [2.05, 4.69) is 19.9 Å². The van der Waals surface area contributed by atoms with Crippen LogP contribution in [0.1, 0.15) is 65.2 Å². The quantitative estimate of drug-likeness (QED) is 0.732. The molecule has 1 amide bonds. The highest BCUT2D eigenvalue weighted by Crippen LogP contribution is 2.36. The molecule has 6 heteroatoms. The van der Waals surface area contributed by atoms with Crippen LogP contribution in [-0.2, 0) is 14.8 Å². The molecule has 0 aromatic carbocycles. The van der Waals surface area contributed by atoms with E-state index in [1.807, 2.05) is 4.90 Å². The Kier molecular flexibility index (Phi) is 6.31. The topological polar surface area (TPSA) is 57.7 Å². The predicted octanol–water partition coefficient (Wildman–Crippen LogP) is 3.38. The summed E-state index contributed by atoms with van der Waals surface area (Å²) in [7, 11) is -3.31. The van der Waals surface area contributed by atoms with Crippen molar-refractivity contribution in [2.24, 2.45) is 17.8 Å². The van der Waals surface area contributed by atoms with E-state index in [-0.39, 0.29) is 11.7 Å². The molecule has 0 aromatic heterocycles. The number of hydrogen-bond acceptors (Lipinski definition) is 3. The lowest BCUT2D eigenvalue weighted by Crippen LogP contribution is -2.43. The second kappa shape index (κ2) is 8.32. The summed E-state index contributed by atoms with van der Waals surface area (Å²) in [6, 6.07) is 0. The molecule has 3 rings (SSSR count). The standard InChI is InChI=1S/C20H34N2O3S/c1-16-13-17(2)15-21(14-16)20(23)10-6-12-26(24,25)22-11-5-8-18-7-3-4-9-19(18)22/h9,16-18H,3-8,10-15H2,1-2H3. The Morgan fingerprint density at radius 2 is 1.85 bits per heavy atom. The van der Waals surface area contributed by atoms with Crippen molar-refractivity contribution in [2.75, 3.05) is 25.4 Å². The molecule has 0 spiro atoms. The van der Waals surface area contributed by atoms with E-state index < -0.39 is 10.0 Å². The van der Waals surface area contributed by atoms with Crippen molar-refractivity contribution in [1.82, 2.24) is 9.21 Å². The lowest BCUT2D eigenvalue weighted by atomic mass is 9.86. The summed E-state index contributed by atoms with van der Waals surface area (Å²) in [6.45, 7) is 6.61. The number of hydrogen-bond donors (Lipinski definition) is 0. The molecule has 0 N–H and O–H groups in total. The zero-order valence-corrected chi connectivity index (χ0v) is 17.1. The van der Waals surface area contributed by atoms with Crippen LogP contribution in [0, 0.1) is 17.8 Å². The minimum atomic E-state index is -3.31. The average molecular weight is 383 g/mol. The molecule has 0 saturated carbocycles. The van der Waals surface area contributed by atoms with Gasteiger partial charge in [-0.25, -0.2) is 8.42 Å². The molecule has 148 valence electrons. The van der Waals surface area contributed by atoms with Crippen LogP contribution >= 0.6 is 0 Å². The molecule has 3 aliphatic rings. The molecule has 2 fully saturated rings. The van der Waals surface area contributed by atoms with E-state index in [9.17, 15) is 13.2 Å². The summed E-state index contributed by atoms with van der Waals surface area (Å²) in [4.78, 5) is 14.4. The summed E-state index contributed by atoms with van der Waals surface area (Å²) in [6.07, 6.45) is 9.40. The molecule has 0 aromatic rings. The smallest absolute Gasteiger partial charge is 0.234 e. The van der Waals surface area contributed by atoms with Gasteiger partial charge >= 0.3 is 0 Å². The molecule has 0 bridgehead atoms. The first-order chi connectivity index (χ1) is 12.4. The normalized spacial score (nSPS) is 29.9. The number of fused-ring (bicyclic) bond motifs is 1. The van der Waals surface area contributed by atoms with Gasteiger partial charge in [0.25, 0.3) is 0 Å². The van der Waals surface area contributed by atoms with Gasteiger partial charge in [-0.1, -0.05) is 19.9 Å². The summed E-state index contributed by atoms with van der Waals surface area (Å²) < 4.78 is 27.4. The predicted molar refractivity (Wildman–Crippen MR) is 104 cm³/mol. The fourth-order valence-electron chi connectivity index (χ4n) is 4.98. The third-order valence-corrected chi connectivity index (χ3v) is 7.95. The van der Waals surface area contributed by atoms with Gasteiger partial charge in [0.05, 0.1) is 5.75 Å². The zero-order chi connectivity index (χ0) is 18.7. The molecule has 2 saturated heterocycles. The van der Waals surface area contributed by atoms with Crippen LogP contribution in [0.4, 0.5) is 0 Å². The number of sulfonamides is 1. The van der Waals surface area contributed by atoms with Crippen LogP contribution in [0.25, 0.3) is 0 Å². The lowest BCUT2D eigenvalue weighted by molar-refractivity contribution is -0.133. The first-order valence-corrected chi connectivity index (χ1v) is 12.0. The molecule has 2 aliphatic heterocycles. The van der Waals surface area contributed by atoms with Crippen molar-refractivity contribution in [3.05, 3.63) is 11.8 Å². The zero-order valence-electron chi connectivity index (χ0n) is 16.3. The van der Waals surface area contributed by atoms with Gasteiger partial charge in [0.15, 0.2) is 0 Å². The van der Waals surface area contributed by atoms with Gasteiger partial charge in [-0.2, -0.15) is 0 Å². The van der Waals surface area contributed by atoms with Crippen LogP contribution in [0.15, 0.2) is 11.8 Å². The fourth-order valence-corrected chi connectivity index (χ4v) is 6.66. The van der Waals surface area contributed by atoms with E-state index in [1.165, 1.54) is 12.8 Å². The second-order valence-electron chi connectivity index (χ2n) is 8.64. The Morgan fingerprint density at radius 1 is 1.15 bits per heavy atom. The Hall–Kier alpha value is -1.04. The SMILES string of the molecule is CC1CC(C)CN(C(=O)CCCS(=O)(=O)N2CCCC3CCCC=C32)C1. The molecule has 0 radical (unpaired) electrons. The Balaban J connectivity index is 1.53. The Labute approximate surface area is 158 Å². The number of rotatable bonds is 5. The first-order valence-electron chi connectivity index (χ1n) is 10.3. The number of likely N-dealkylation sites (tertiary alicyclic amines) is 1. The molecule has 3 unspecified atom stereocenters. The summed E-state index contributed by atoms with van der Waals surface area (Å²) in [5, 5.41) is 0. The maximum absolute atomic E-state index is 12.9. The Morgan fingerprint density at radius 3 is 2.58 bits per heavy atom. The largest absolute Gasteiger partial charge is 0.342 e. The van der Waals surface area contributed by atoms with Crippen molar-refractivity contribution in [3.63, 3.8) is 0 Å².